The molecule has 0 saturated carbocycles. The molecule has 1 aromatic rings. The topological polar surface area (TPSA) is 52.6 Å². The summed E-state index contributed by atoms with van der Waals surface area (Å²) in [5, 5.41) is 13.9. The molecule has 2 aliphatic heterocycles. The molecule has 3 rings (SSSR count). The zero-order valence-corrected chi connectivity index (χ0v) is 11.9. The average molecular weight is 274 g/mol. The number of piperidine rings is 1. The molecular formula is C16H22N2O2. The van der Waals surface area contributed by atoms with Gasteiger partial charge < -0.3 is 15.3 Å². The Hall–Kier alpha value is -1.39. The van der Waals surface area contributed by atoms with E-state index in [1.165, 1.54) is 5.56 Å². The second-order valence-corrected chi connectivity index (χ2v) is 5.89. The SMILES string of the molecule is CN1C(=O)CCc2cc(C(O)C3CCCNC3)ccc21. The van der Waals surface area contributed by atoms with Gasteiger partial charge in [-0.25, -0.2) is 0 Å². The number of benzene rings is 1. The maximum absolute atomic E-state index is 11.7. The lowest BCUT2D eigenvalue weighted by atomic mass is 9.87. The van der Waals surface area contributed by atoms with E-state index in [-0.39, 0.29) is 5.91 Å². The second-order valence-electron chi connectivity index (χ2n) is 5.89. The lowest BCUT2D eigenvalue weighted by molar-refractivity contribution is -0.118. The van der Waals surface area contributed by atoms with Crippen LogP contribution in [0, 0.1) is 5.92 Å². The number of aryl methyl sites for hydroxylation is 1. The fourth-order valence-corrected chi connectivity index (χ4v) is 3.28. The number of nitrogens with one attached hydrogen (secondary N) is 1. The van der Waals surface area contributed by atoms with Crippen LogP contribution in [0.25, 0.3) is 0 Å². The van der Waals surface area contributed by atoms with E-state index in [4.69, 9.17) is 0 Å². The van der Waals surface area contributed by atoms with Crippen LogP contribution in [-0.4, -0.2) is 31.2 Å². The number of carbonyl (C=O) groups is 1. The number of aliphatic hydroxyl groups is 1. The van der Waals surface area contributed by atoms with E-state index in [0.717, 1.165) is 43.6 Å². The molecule has 2 N–H and O–H groups in total. The van der Waals surface area contributed by atoms with Gasteiger partial charge in [0.1, 0.15) is 0 Å². The number of aliphatic hydroxyl groups excluding tert-OH is 1. The largest absolute Gasteiger partial charge is 0.388 e. The minimum atomic E-state index is -0.406. The zero-order valence-electron chi connectivity index (χ0n) is 11.9. The van der Waals surface area contributed by atoms with Crippen LogP contribution in [0.3, 0.4) is 0 Å². The van der Waals surface area contributed by atoms with Crippen LogP contribution >= 0.6 is 0 Å². The van der Waals surface area contributed by atoms with Gasteiger partial charge >= 0.3 is 0 Å². The Morgan fingerprint density at radius 3 is 3.00 bits per heavy atom. The number of carbonyl (C=O) groups excluding carboxylic acids is 1. The van der Waals surface area contributed by atoms with E-state index in [9.17, 15) is 9.90 Å². The van der Waals surface area contributed by atoms with E-state index in [2.05, 4.69) is 11.4 Å². The molecule has 1 amide bonds. The maximum Gasteiger partial charge on any atom is 0.227 e. The van der Waals surface area contributed by atoms with Gasteiger partial charge in [-0.15, -0.1) is 0 Å². The molecule has 0 aliphatic carbocycles. The molecule has 2 unspecified atom stereocenters. The molecule has 1 saturated heterocycles. The molecule has 0 spiro atoms. The van der Waals surface area contributed by atoms with Gasteiger partial charge in [0.05, 0.1) is 6.10 Å². The van der Waals surface area contributed by atoms with Crippen molar-refractivity contribution in [2.24, 2.45) is 5.92 Å². The van der Waals surface area contributed by atoms with Gasteiger partial charge in [0.25, 0.3) is 0 Å². The molecule has 1 aromatic carbocycles. The minimum absolute atomic E-state index is 0.169. The van der Waals surface area contributed by atoms with Gasteiger partial charge in [-0.3, -0.25) is 4.79 Å². The molecule has 0 radical (unpaired) electrons. The summed E-state index contributed by atoms with van der Waals surface area (Å²) in [6.07, 6.45) is 3.14. The normalized spacial score (nSPS) is 24.4. The number of rotatable bonds is 2. The summed E-state index contributed by atoms with van der Waals surface area (Å²) in [6.45, 7) is 1.94. The Morgan fingerprint density at radius 1 is 1.40 bits per heavy atom. The Kier molecular flexibility index (Phi) is 3.76. The van der Waals surface area contributed by atoms with Crippen LogP contribution < -0.4 is 10.2 Å². The summed E-state index contributed by atoms with van der Waals surface area (Å²) >= 11 is 0. The Bertz CT molecular complexity index is 509. The Balaban J connectivity index is 1.83. The van der Waals surface area contributed by atoms with Crippen LogP contribution in [0.15, 0.2) is 18.2 Å². The quantitative estimate of drug-likeness (QED) is 0.862. The summed E-state index contributed by atoms with van der Waals surface area (Å²) in [6, 6.07) is 6.02. The Morgan fingerprint density at radius 2 is 2.25 bits per heavy atom. The van der Waals surface area contributed by atoms with Crippen LogP contribution in [0.2, 0.25) is 0 Å². The molecule has 20 heavy (non-hydrogen) atoms. The first kappa shape index (κ1) is 13.6. The number of amides is 1. The summed E-state index contributed by atoms with van der Waals surface area (Å²) < 4.78 is 0. The number of hydrogen-bond acceptors (Lipinski definition) is 3. The molecule has 1 fully saturated rings. The summed E-state index contributed by atoms with van der Waals surface area (Å²) in [5.74, 6) is 0.465. The highest BCUT2D eigenvalue weighted by molar-refractivity contribution is 5.95. The third kappa shape index (κ3) is 2.45. The van der Waals surface area contributed by atoms with Crippen molar-refractivity contribution in [3.8, 4) is 0 Å². The highest BCUT2D eigenvalue weighted by Gasteiger charge is 2.26. The molecule has 2 aliphatic rings. The van der Waals surface area contributed by atoms with Crippen LogP contribution in [-0.2, 0) is 11.2 Å². The lowest BCUT2D eigenvalue weighted by Crippen LogP contribution is -2.33. The first-order valence-electron chi connectivity index (χ1n) is 7.45. The van der Waals surface area contributed by atoms with Gasteiger partial charge in [0.15, 0.2) is 0 Å². The second kappa shape index (κ2) is 5.54. The Labute approximate surface area is 119 Å². The van der Waals surface area contributed by atoms with E-state index in [1.54, 1.807) is 4.90 Å². The fraction of sp³-hybridized carbons (Fsp3) is 0.562. The first-order valence-corrected chi connectivity index (χ1v) is 7.45. The number of anilines is 1. The van der Waals surface area contributed by atoms with Crippen molar-refractivity contribution in [1.29, 1.82) is 0 Å². The number of hydrogen-bond donors (Lipinski definition) is 2. The molecule has 0 bridgehead atoms. The smallest absolute Gasteiger partial charge is 0.227 e. The van der Waals surface area contributed by atoms with Gasteiger partial charge in [-0.05, 0) is 43.0 Å². The predicted octanol–water partition coefficient (Wildman–Crippen LogP) is 1.63. The van der Waals surface area contributed by atoms with Crippen molar-refractivity contribution in [2.75, 3.05) is 25.0 Å². The number of fused-ring (bicyclic) bond motifs is 1. The number of nitrogens with zero attached hydrogens (tertiary/aromatic N) is 1. The molecule has 4 heteroatoms. The summed E-state index contributed by atoms with van der Waals surface area (Å²) in [7, 11) is 1.82. The van der Waals surface area contributed by atoms with Crippen molar-refractivity contribution in [3.05, 3.63) is 29.3 Å². The predicted molar refractivity (Wildman–Crippen MR) is 78.7 cm³/mol. The third-order valence-corrected chi connectivity index (χ3v) is 4.57. The lowest BCUT2D eigenvalue weighted by Gasteiger charge is -2.30. The van der Waals surface area contributed by atoms with Crippen molar-refractivity contribution < 1.29 is 9.90 Å². The molecule has 4 nitrogen and oxygen atoms in total. The molecule has 108 valence electrons. The van der Waals surface area contributed by atoms with Crippen LogP contribution in [0.4, 0.5) is 5.69 Å². The van der Waals surface area contributed by atoms with Gasteiger partial charge in [-0.2, -0.15) is 0 Å². The van der Waals surface area contributed by atoms with Gasteiger partial charge in [-0.1, -0.05) is 12.1 Å². The van der Waals surface area contributed by atoms with Crippen molar-refractivity contribution >= 4 is 11.6 Å². The van der Waals surface area contributed by atoms with Crippen molar-refractivity contribution in [3.63, 3.8) is 0 Å². The van der Waals surface area contributed by atoms with Crippen LogP contribution in [0.5, 0.6) is 0 Å². The molecule has 2 heterocycles. The van der Waals surface area contributed by atoms with Crippen molar-refractivity contribution in [2.45, 2.75) is 31.8 Å². The highest BCUT2D eigenvalue weighted by Crippen LogP contribution is 2.33. The minimum Gasteiger partial charge on any atom is -0.388 e. The van der Waals surface area contributed by atoms with E-state index in [1.807, 2.05) is 19.2 Å². The summed E-state index contributed by atoms with van der Waals surface area (Å²) in [5.41, 5.74) is 3.14. The third-order valence-electron chi connectivity index (χ3n) is 4.57. The van der Waals surface area contributed by atoms with Crippen LogP contribution in [0.1, 0.15) is 36.5 Å². The van der Waals surface area contributed by atoms with E-state index in [0.29, 0.717) is 12.3 Å². The average Bonchev–Trinajstić information content (AvgIpc) is 2.51. The van der Waals surface area contributed by atoms with Gasteiger partial charge in [0.2, 0.25) is 5.91 Å². The fourth-order valence-electron chi connectivity index (χ4n) is 3.28. The molecule has 0 aromatic heterocycles. The maximum atomic E-state index is 11.7. The summed E-state index contributed by atoms with van der Waals surface area (Å²) in [4.78, 5) is 13.4. The van der Waals surface area contributed by atoms with Crippen molar-refractivity contribution in [1.82, 2.24) is 5.32 Å². The standard InChI is InChI=1S/C16H22N2O2/c1-18-14-6-4-12(9-11(14)5-7-15(18)19)16(20)13-3-2-8-17-10-13/h4,6,9,13,16-17,20H,2-3,5,7-8,10H2,1H3. The highest BCUT2D eigenvalue weighted by atomic mass is 16.3. The monoisotopic (exact) mass is 274 g/mol. The molecule has 2 atom stereocenters. The van der Waals surface area contributed by atoms with Gasteiger partial charge in [0, 0.05) is 31.6 Å². The van der Waals surface area contributed by atoms with E-state index >= 15 is 0 Å². The first-order chi connectivity index (χ1) is 9.66. The van der Waals surface area contributed by atoms with E-state index < -0.39 is 6.10 Å². The zero-order chi connectivity index (χ0) is 14.1. The molecular weight excluding hydrogens is 252 g/mol.